The van der Waals surface area contributed by atoms with Gasteiger partial charge in [-0.25, -0.2) is 0 Å². The summed E-state index contributed by atoms with van der Waals surface area (Å²) >= 11 is 0. The number of ether oxygens (including phenoxy) is 1. The van der Waals surface area contributed by atoms with E-state index in [1.165, 1.54) is 19.8 Å². The number of likely N-dealkylation sites (tertiary alicyclic amines) is 1. The van der Waals surface area contributed by atoms with E-state index in [2.05, 4.69) is 10.3 Å². The maximum Gasteiger partial charge on any atom is 0.261 e. The fraction of sp³-hybridized carbons (Fsp3) is 0.462. The molecule has 9 nitrogen and oxygen atoms in total. The molecule has 3 aromatic rings. The number of carbonyl (C=O) groups excluding carboxylic acids is 1. The first-order valence-electron chi connectivity index (χ1n) is 12.2. The van der Waals surface area contributed by atoms with Crippen LogP contribution in [0.25, 0.3) is 10.9 Å². The van der Waals surface area contributed by atoms with Gasteiger partial charge in [0.05, 0.1) is 23.8 Å². The lowest BCUT2D eigenvalue weighted by atomic mass is 10.1. The van der Waals surface area contributed by atoms with Crippen molar-refractivity contribution in [3.8, 4) is 6.07 Å². The van der Waals surface area contributed by atoms with Crippen molar-refractivity contribution < 1.29 is 9.53 Å². The Balaban J connectivity index is 0.000000806. The summed E-state index contributed by atoms with van der Waals surface area (Å²) in [5, 5.41) is 15.9. The molecule has 1 aromatic carbocycles. The van der Waals surface area contributed by atoms with Gasteiger partial charge in [-0.15, -0.1) is 0 Å². The van der Waals surface area contributed by atoms with Crippen molar-refractivity contribution in [3.63, 3.8) is 0 Å². The van der Waals surface area contributed by atoms with Crippen LogP contribution in [0.2, 0.25) is 0 Å². The van der Waals surface area contributed by atoms with Gasteiger partial charge in [0.15, 0.2) is 5.82 Å². The number of pyridine rings is 1. The fourth-order valence-electron chi connectivity index (χ4n) is 4.98. The molecule has 2 saturated heterocycles. The van der Waals surface area contributed by atoms with Crippen molar-refractivity contribution in [2.75, 3.05) is 18.4 Å². The number of aromatic nitrogens is 3. The molecule has 0 radical (unpaired) electrons. The summed E-state index contributed by atoms with van der Waals surface area (Å²) in [6.07, 6.45) is 6.53. The lowest BCUT2D eigenvalue weighted by Gasteiger charge is -2.32. The van der Waals surface area contributed by atoms with E-state index < -0.39 is 0 Å². The van der Waals surface area contributed by atoms with Gasteiger partial charge in [-0.3, -0.25) is 14.3 Å². The zero-order valence-corrected chi connectivity index (χ0v) is 20.1. The van der Waals surface area contributed by atoms with Crippen molar-refractivity contribution >= 4 is 28.3 Å². The number of amides is 1. The number of carbonyl (C=O) groups is 1. The molecule has 2 atom stereocenters. The third-order valence-corrected chi connectivity index (χ3v) is 6.85. The first-order chi connectivity index (χ1) is 17.0. The summed E-state index contributed by atoms with van der Waals surface area (Å²) in [4.78, 5) is 30.3. The number of hydrogen-bond donors (Lipinski definition) is 2. The third-order valence-electron chi connectivity index (χ3n) is 6.85. The van der Waals surface area contributed by atoms with E-state index in [-0.39, 0.29) is 23.7 Å². The SMILES string of the molecule is CC#N.Cc1cc(Nc2nn(CC3CC3)c3cc[nH]c(=O)c23)ccc1C(=O)N1CC2CCC(C1)O2. The van der Waals surface area contributed by atoms with Gasteiger partial charge in [-0.05, 0) is 68.4 Å². The first-order valence-corrected chi connectivity index (χ1v) is 12.2. The number of fused-ring (bicyclic) bond motifs is 3. The zero-order valence-electron chi connectivity index (χ0n) is 20.1. The smallest absolute Gasteiger partial charge is 0.261 e. The van der Waals surface area contributed by atoms with Gasteiger partial charge in [-0.1, -0.05) is 0 Å². The van der Waals surface area contributed by atoms with Gasteiger partial charge in [0.2, 0.25) is 0 Å². The van der Waals surface area contributed by atoms with Crippen LogP contribution in [0.5, 0.6) is 0 Å². The van der Waals surface area contributed by atoms with Crippen molar-refractivity contribution in [2.24, 2.45) is 5.92 Å². The molecule has 1 amide bonds. The van der Waals surface area contributed by atoms with Crippen LogP contribution >= 0.6 is 0 Å². The number of aryl methyl sites for hydroxylation is 1. The Morgan fingerprint density at radius 1 is 1.23 bits per heavy atom. The summed E-state index contributed by atoms with van der Waals surface area (Å²) in [5.74, 6) is 1.25. The molecule has 9 heteroatoms. The molecule has 4 heterocycles. The summed E-state index contributed by atoms with van der Waals surface area (Å²) < 4.78 is 7.80. The summed E-state index contributed by atoms with van der Waals surface area (Å²) in [7, 11) is 0. The number of nitrogens with one attached hydrogen (secondary N) is 2. The standard InChI is InChI=1S/C24H27N5O3.C2H3N/c1-14-10-16(4-7-19(14)24(31)28-12-17-5-6-18(13-28)32-17)26-22-21-20(8-9-25-23(21)30)29(27-22)11-15-2-3-15;1-2-3/h4,7-10,15,17-18H,2-3,5-6,11-13H2,1H3,(H,25,30)(H,26,27);1H3. The number of aromatic amines is 1. The Labute approximate surface area is 203 Å². The molecule has 1 saturated carbocycles. The van der Waals surface area contributed by atoms with E-state index in [0.717, 1.165) is 36.2 Å². The summed E-state index contributed by atoms with van der Waals surface area (Å²) in [6.45, 7) is 5.55. The fourth-order valence-corrected chi connectivity index (χ4v) is 4.98. The number of nitriles is 1. The number of rotatable bonds is 5. The monoisotopic (exact) mass is 474 g/mol. The molecule has 3 aliphatic rings. The highest BCUT2D eigenvalue weighted by Gasteiger charge is 2.36. The number of anilines is 2. The van der Waals surface area contributed by atoms with Crippen LogP contribution in [0.15, 0.2) is 35.3 Å². The average Bonchev–Trinajstić information content (AvgIpc) is 3.50. The predicted molar refractivity (Wildman–Crippen MR) is 133 cm³/mol. The summed E-state index contributed by atoms with van der Waals surface area (Å²) in [5.41, 5.74) is 3.10. The van der Waals surface area contributed by atoms with Gasteiger partial charge >= 0.3 is 0 Å². The van der Waals surface area contributed by atoms with Crippen LogP contribution in [0.4, 0.5) is 11.5 Å². The highest BCUT2D eigenvalue weighted by atomic mass is 16.5. The summed E-state index contributed by atoms with van der Waals surface area (Å²) in [6, 6.07) is 9.36. The second-order valence-electron chi connectivity index (χ2n) is 9.59. The van der Waals surface area contributed by atoms with Crippen LogP contribution < -0.4 is 10.9 Å². The molecule has 182 valence electrons. The third kappa shape index (κ3) is 4.80. The molecule has 2 bridgehead atoms. The van der Waals surface area contributed by atoms with Crippen molar-refractivity contribution in [2.45, 2.75) is 58.3 Å². The molecule has 2 N–H and O–H groups in total. The van der Waals surface area contributed by atoms with Crippen molar-refractivity contribution in [1.29, 1.82) is 5.26 Å². The van der Waals surface area contributed by atoms with E-state index in [0.29, 0.717) is 35.8 Å². The molecule has 2 aromatic heterocycles. The van der Waals surface area contributed by atoms with Crippen molar-refractivity contribution in [1.82, 2.24) is 19.7 Å². The van der Waals surface area contributed by atoms with Gasteiger partial charge in [0.25, 0.3) is 11.5 Å². The quantitative estimate of drug-likeness (QED) is 0.582. The zero-order chi connectivity index (χ0) is 24.5. The largest absolute Gasteiger partial charge is 0.371 e. The first kappa shape index (κ1) is 23.1. The second kappa shape index (κ2) is 9.55. The number of hydrogen-bond acceptors (Lipinski definition) is 6. The van der Waals surface area contributed by atoms with Crippen LogP contribution in [0.1, 0.15) is 48.5 Å². The van der Waals surface area contributed by atoms with Gasteiger partial charge in [-0.2, -0.15) is 10.4 Å². The van der Waals surface area contributed by atoms with Crippen LogP contribution in [0.3, 0.4) is 0 Å². The molecule has 6 rings (SSSR count). The van der Waals surface area contributed by atoms with Crippen LogP contribution in [0, 0.1) is 24.2 Å². The van der Waals surface area contributed by atoms with E-state index in [9.17, 15) is 9.59 Å². The lowest BCUT2D eigenvalue weighted by Crippen LogP contribution is -2.46. The van der Waals surface area contributed by atoms with Gasteiger partial charge < -0.3 is 19.9 Å². The Morgan fingerprint density at radius 2 is 1.94 bits per heavy atom. The van der Waals surface area contributed by atoms with E-state index in [1.54, 1.807) is 12.3 Å². The maximum atomic E-state index is 13.1. The topological polar surface area (TPSA) is 116 Å². The normalized spacial score (nSPS) is 20.8. The maximum absolute atomic E-state index is 13.1. The Morgan fingerprint density at radius 3 is 2.60 bits per heavy atom. The van der Waals surface area contributed by atoms with Crippen LogP contribution in [-0.4, -0.2) is 50.9 Å². The highest BCUT2D eigenvalue weighted by molar-refractivity contribution is 5.97. The van der Waals surface area contributed by atoms with E-state index in [4.69, 9.17) is 15.1 Å². The van der Waals surface area contributed by atoms with Crippen LogP contribution in [-0.2, 0) is 11.3 Å². The Kier molecular flexibility index (Phi) is 6.31. The molecule has 0 spiro atoms. The second-order valence-corrected chi connectivity index (χ2v) is 9.59. The van der Waals surface area contributed by atoms with Crippen molar-refractivity contribution in [3.05, 3.63) is 51.9 Å². The van der Waals surface area contributed by atoms with E-state index >= 15 is 0 Å². The molecule has 35 heavy (non-hydrogen) atoms. The Bertz CT molecular complexity index is 1340. The lowest BCUT2D eigenvalue weighted by molar-refractivity contribution is -0.0303. The number of nitrogens with zero attached hydrogens (tertiary/aromatic N) is 4. The van der Waals surface area contributed by atoms with Gasteiger partial charge in [0, 0.05) is 44.0 Å². The number of morpholine rings is 1. The molecule has 1 aliphatic carbocycles. The molecule has 2 aliphatic heterocycles. The van der Waals surface area contributed by atoms with E-state index in [1.807, 2.05) is 40.8 Å². The Hall–Kier alpha value is -3.64. The molecular formula is C26H30N6O3. The minimum atomic E-state index is -0.155. The minimum Gasteiger partial charge on any atom is -0.371 e. The minimum absolute atomic E-state index is 0.0601. The molecule has 3 fully saturated rings. The van der Waals surface area contributed by atoms with Gasteiger partial charge in [0.1, 0.15) is 5.39 Å². The molecular weight excluding hydrogens is 444 g/mol. The number of benzene rings is 1. The molecule has 2 unspecified atom stereocenters. The predicted octanol–water partition coefficient (Wildman–Crippen LogP) is 3.72. The number of H-pyrrole nitrogens is 1. The highest BCUT2D eigenvalue weighted by Crippen LogP contribution is 2.33. The average molecular weight is 475 g/mol.